The molecule has 3 heterocycles. The predicted octanol–water partition coefficient (Wildman–Crippen LogP) is 2.24. The summed E-state index contributed by atoms with van der Waals surface area (Å²) in [4.78, 5) is 15.5. The van der Waals surface area contributed by atoms with E-state index in [4.69, 9.17) is 5.73 Å². The minimum atomic E-state index is 0.155. The number of rotatable bonds is 2. The Kier molecular flexibility index (Phi) is 3.22. The van der Waals surface area contributed by atoms with Crippen molar-refractivity contribution in [3.63, 3.8) is 0 Å². The van der Waals surface area contributed by atoms with E-state index < -0.39 is 0 Å². The van der Waals surface area contributed by atoms with Crippen molar-refractivity contribution in [2.24, 2.45) is 5.73 Å². The van der Waals surface area contributed by atoms with Crippen LogP contribution in [0.3, 0.4) is 0 Å². The molecule has 0 aliphatic carbocycles. The molecule has 2 aliphatic heterocycles. The van der Waals surface area contributed by atoms with Crippen LogP contribution in [0.5, 0.6) is 0 Å². The summed E-state index contributed by atoms with van der Waals surface area (Å²) >= 11 is 1.65. The Balaban J connectivity index is 1.70. The number of amides is 1. The first-order chi connectivity index (χ1) is 8.74. The molecule has 2 bridgehead atoms. The maximum absolute atomic E-state index is 12.3. The third kappa shape index (κ3) is 2.22. The average molecular weight is 262 g/mol. The Morgan fingerprint density at radius 2 is 2.11 bits per heavy atom. The largest absolute Gasteiger partial charge is 0.333 e. The molecule has 1 aromatic rings. The van der Waals surface area contributed by atoms with E-state index >= 15 is 0 Å². The van der Waals surface area contributed by atoms with Crippen LogP contribution in [-0.4, -0.2) is 28.9 Å². The molecule has 2 saturated heterocycles. The van der Waals surface area contributed by atoms with E-state index in [1.807, 2.05) is 23.6 Å². The Bertz CT molecular complexity index is 440. The first kappa shape index (κ1) is 11.9. The monoisotopic (exact) mass is 262 g/mol. The number of nitrogens with zero attached hydrogens (tertiary/aromatic N) is 1. The number of carbonyl (C=O) groups is 1. The van der Waals surface area contributed by atoms with Gasteiger partial charge in [0.2, 0.25) is 5.91 Å². The number of carbonyl (C=O) groups excluding carboxylic acids is 1. The standard InChI is InChI=1S/C14H18N2OS/c15-10-8-11-3-4-12(9-10)16(11)14(17)6-5-13-2-1-7-18-13/h1-2,5-7,10-12H,3-4,8-9,15H2. The second kappa shape index (κ2) is 4.86. The smallest absolute Gasteiger partial charge is 0.247 e. The lowest BCUT2D eigenvalue weighted by atomic mass is 9.98. The molecular formula is C14H18N2OS. The van der Waals surface area contributed by atoms with Crippen LogP contribution in [0.2, 0.25) is 0 Å². The van der Waals surface area contributed by atoms with Gasteiger partial charge in [-0.15, -0.1) is 11.3 Å². The fourth-order valence-corrected chi connectivity index (χ4v) is 3.82. The van der Waals surface area contributed by atoms with Crippen molar-refractivity contribution < 1.29 is 4.79 Å². The van der Waals surface area contributed by atoms with Gasteiger partial charge in [-0.1, -0.05) is 6.07 Å². The Morgan fingerprint density at radius 3 is 2.72 bits per heavy atom. The maximum Gasteiger partial charge on any atom is 0.247 e. The quantitative estimate of drug-likeness (QED) is 0.831. The van der Waals surface area contributed by atoms with Crippen LogP contribution in [-0.2, 0) is 4.79 Å². The lowest BCUT2D eigenvalue weighted by Crippen LogP contribution is -2.49. The van der Waals surface area contributed by atoms with E-state index in [0.717, 1.165) is 30.6 Å². The minimum Gasteiger partial charge on any atom is -0.333 e. The molecule has 18 heavy (non-hydrogen) atoms. The molecular weight excluding hydrogens is 244 g/mol. The van der Waals surface area contributed by atoms with Gasteiger partial charge in [0, 0.05) is 29.1 Å². The topological polar surface area (TPSA) is 46.3 Å². The maximum atomic E-state index is 12.3. The number of thiophene rings is 1. The number of hydrogen-bond donors (Lipinski definition) is 1. The average Bonchev–Trinajstić information content (AvgIpc) is 2.94. The van der Waals surface area contributed by atoms with E-state index in [0.29, 0.717) is 12.1 Å². The summed E-state index contributed by atoms with van der Waals surface area (Å²) in [6.07, 6.45) is 7.81. The molecule has 3 rings (SSSR count). The van der Waals surface area contributed by atoms with Crippen molar-refractivity contribution in [1.29, 1.82) is 0 Å². The summed E-state index contributed by atoms with van der Waals surface area (Å²) in [7, 11) is 0. The van der Waals surface area contributed by atoms with Crippen LogP contribution in [0.15, 0.2) is 23.6 Å². The van der Waals surface area contributed by atoms with Gasteiger partial charge in [0.15, 0.2) is 0 Å². The second-order valence-electron chi connectivity index (χ2n) is 5.21. The molecule has 0 aromatic carbocycles. The van der Waals surface area contributed by atoms with Crippen molar-refractivity contribution in [3.05, 3.63) is 28.5 Å². The Hall–Kier alpha value is -1.13. The second-order valence-corrected chi connectivity index (χ2v) is 6.19. The van der Waals surface area contributed by atoms with Crippen molar-refractivity contribution in [1.82, 2.24) is 4.90 Å². The molecule has 2 aliphatic rings. The molecule has 2 fully saturated rings. The van der Waals surface area contributed by atoms with Crippen molar-refractivity contribution in [2.75, 3.05) is 0 Å². The molecule has 0 spiro atoms. The van der Waals surface area contributed by atoms with E-state index in [1.165, 1.54) is 0 Å². The number of fused-ring (bicyclic) bond motifs is 2. The van der Waals surface area contributed by atoms with Crippen LogP contribution in [0.4, 0.5) is 0 Å². The summed E-state index contributed by atoms with van der Waals surface area (Å²) in [5.74, 6) is 0.155. The minimum absolute atomic E-state index is 0.155. The third-order valence-electron chi connectivity index (χ3n) is 3.96. The highest BCUT2D eigenvalue weighted by atomic mass is 32.1. The molecule has 2 atom stereocenters. The summed E-state index contributed by atoms with van der Waals surface area (Å²) in [5, 5.41) is 2.02. The normalized spacial score (nSPS) is 31.2. The molecule has 1 amide bonds. The lowest BCUT2D eigenvalue weighted by Gasteiger charge is -2.37. The molecule has 2 unspecified atom stereocenters. The number of nitrogens with two attached hydrogens (primary N) is 1. The van der Waals surface area contributed by atoms with Gasteiger partial charge < -0.3 is 10.6 Å². The fourth-order valence-electron chi connectivity index (χ4n) is 3.20. The van der Waals surface area contributed by atoms with E-state index in [2.05, 4.69) is 4.90 Å². The summed E-state index contributed by atoms with van der Waals surface area (Å²) in [6, 6.07) is 5.06. The first-order valence-electron chi connectivity index (χ1n) is 6.53. The van der Waals surface area contributed by atoms with Gasteiger partial charge in [0.1, 0.15) is 0 Å². The van der Waals surface area contributed by atoms with Gasteiger partial charge in [-0.2, -0.15) is 0 Å². The molecule has 0 saturated carbocycles. The Morgan fingerprint density at radius 1 is 1.39 bits per heavy atom. The summed E-state index contributed by atoms with van der Waals surface area (Å²) in [5.41, 5.74) is 6.01. The van der Waals surface area contributed by atoms with E-state index in [-0.39, 0.29) is 11.9 Å². The van der Waals surface area contributed by atoms with Gasteiger partial charge >= 0.3 is 0 Å². The van der Waals surface area contributed by atoms with Crippen molar-refractivity contribution in [3.8, 4) is 0 Å². The molecule has 3 nitrogen and oxygen atoms in total. The highest BCUT2D eigenvalue weighted by molar-refractivity contribution is 7.10. The SMILES string of the molecule is NC1CC2CCC(C1)N2C(=O)C=Cc1cccs1. The fraction of sp³-hybridized carbons (Fsp3) is 0.500. The third-order valence-corrected chi connectivity index (χ3v) is 4.79. The van der Waals surface area contributed by atoms with Crippen molar-refractivity contribution >= 4 is 23.3 Å². The zero-order valence-corrected chi connectivity index (χ0v) is 11.1. The molecule has 4 heteroatoms. The van der Waals surface area contributed by atoms with Crippen LogP contribution in [0, 0.1) is 0 Å². The first-order valence-corrected chi connectivity index (χ1v) is 7.41. The molecule has 2 N–H and O–H groups in total. The number of hydrogen-bond acceptors (Lipinski definition) is 3. The van der Waals surface area contributed by atoms with Crippen LogP contribution >= 0.6 is 11.3 Å². The highest BCUT2D eigenvalue weighted by Crippen LogP contribution is 2.35. The molecule has 1 aromatic heterocycles. The Labute approximate surface area is 111 Å². The highest BCUT2D eigenvalue weighted by Gasteiger charge is 2.41. The summed E-state index contributed by atoms with van der Waals surface area (Å²) in [6.45, 7) is 0. The van der Waals surface area contributed by atoms with Gasteiger partial charge in [-0.25, -0.2) is 0 Å². The zero-order chi connectivity index (χ0) is 12.5. The molecule has 0 radical (unpaired) electrons. The zero-order valence-electron chi connectivity index (χ0n) is 10.3. The van der Waals surface area contributed by atoms with Crippen LogP contribution < -0.4 is 5.73 Å². The van der Waals surface area contributed by atoms with Gasteiger partial charge in [-0.05, 0) is 43.2 Å². The number of piperidine rings is 1. The van der Waals surface area contributed by atoms with Crippen LogP contribution in [0.25, 0.3) is 6.08 Å². The van der Waals surface area contributed by atoms with E-state index in [1.54, 1.807) is 17.4 Å². The van der Waals surface area contributed by atoms with Crippen molar-refractivity contribution in [2.45, 2.75) is 43.8 Å². The van der Waals surface area contributed by atoms with Gasteiger partial charge in [0.05, 0.1) is 0 Å². The van der Waals surface area contributed by atoms with Crippen LogP contribution in [0.1, 0.15) is 30.6 Å². The predicted molar refractivity (Wildman–Crippen MR) is 74.2 cm³/mol. The van der Waals surface area contributed by atoms with Gasteiger partial charge in [0.25, 0.3) is 0 Å². The summed E-state index contributed by atoms with van der Waals surface area (Å²) < 4.78 is 0. The lowest BCUT2D eigenvalue weighted by molar-refractivity contribution is -0.130. The van der Waals surface area contributed by atoms with E-state index in [9.17, 15) is 4.79 Å². The van der Waals surface area contributed by atoms with Gasteiger partial charge in [-0.3, -0.25) is 4.79 Å². The molecule has 96 valence electrons.